The molecule has 0 atom stereocenters. The van der Waals surface area contributed by atoms with Gasteiger partial charge in [0.05, 0.1) is 5.92 Å². The highest BCUT2D eigenvalue weighted by Gasteiger charge is 2.31. The largest absolute Gasteiger partial charge is 0.352 e. The SMILES string of the molecule is O=C(NC1CCN(C(=O)C2CCCCC2)CC1)C(c1ccccc1)c1ccccc1. The zero-order chi connectivity index (χ0) is 20.8. The first-order valence-electron chi connectivity index (χ1n) is 11.4. The monoisotopic (exact) mass is 404 g/mol. The Morgan fingerprint density at radius 1 is 0.767 bits per heavy atom. The second kappa shape index (κ2) is 9.92. The molecule has 1 saturated carbocycles. The quantitative estimate of drug-likeness (QED) is 0.797. The van der Waals surface area contributed by atoms with E-state index in [0.29, 0.717) is 5.91 Å². The number of piperidine rings is 1. The number of hydrogen-bond acceptors (Lipinski definition) is 2. The van der Waals surface area contributed by atoms with Gasteiger partial charge in [-0.3, -0.25) is 9.59 Å². The third kappa shape index (κ3) is 4.92. The molecule has 1 N–H and O–H groups in total. The van der Waals surface area contributed by atoms with E-state index in [1.807, 2.05) is 65.6 Å². The van der Waals surface area contributed by atoms with Crippen LogP contribution in [0.3, 0.4) is 0 Å². The first kappa shape index (κ1) is 20.6. The van der Waals surface area contributed by atoms with Crippen LogP contribution in [-0.4, -0.2) is 35.8 Å². The Morgan fingerprint density at radius 2 is 1.30 bits per heavy atom. The van der Waals surface area contributed by atoms with Crippen LogP contribution in [0.25, 0.3) is 0 Å². The summed E-state index contributed by atoms with van der Waals surface area (Å²) in [5, 5.41) is 3.28. The van der Waals surface area contributed by atoms with Gasteiger partial charge >= 0.3 is 0 Å². The fourth-order valence-corrected chi connectivity index (χ4v) is 4.92. The number of amides is 2. The summed E-state index contributed by atoms with van der Waals surface area (Å²) in [4.78, 5) is 28.1. The summed E-state index contributed by atoms with van der Waals surface area (Å²) in [5.41, 5.74) is 2.01. The Morgan fingerprint density at radius 3 is 1.83 bits per heavy atom. The Bertz CT molecular complexity index is 783. The van der Waals surface area contributed by atoms with Gasteiger partial charge in [0.25, 0.3) is 0 Å². The topological polar surface area (TPSA) is 49.4 Å². The van der Waals surface area contributed by atoms with Gasteiger partial charge < -0.3 is 10.2 Å². The van der Waals surface area contributed by atoms with Crippen molar-refractivity contribution in [3.05, 3.63) is 71.8 Å². The van der Waals surface area contributed by atoms with Crippen molar-refractivity contribution in [3.63, 3.8) is 0 Å². The molecule has 30 heavy (non-hydrogen) atoms. The van der Waals surface area contributed by atoms with Crippen molar-refractivity contribution in [2.75, 3.05) is 13.1 Å². The molecule has 0 spiro atoms. The molecule has 1 aliphatic carbocycles. The molecule has 0 unspecified atom stereocenters. The Kier molecular flexibility index (Phi) is 6.83. The van der Waals surface area contributed by atoms with Crippen LogP contribution in [0, 0.1) is 5.92 Å². The van der Waals surface area contributed by atoms with Crippen LogP contribution in [0.2, 0.25) is 0 Å². The van der Waals surface area contributed by atoms with Crippen molar-refractivity contribution >= 4 is 11.8 Å². The molecule has 1 saturated heterocycles. The summed E-state index contributed by atoms with van der Waals surface area (Å²) in [6.07, 6.45) is 7.39. The summed E-state index contributed by atoms with van der Waals surface area (Å²) in [6.45, 7) is 1.50. The lowest BCUT2D eigenvalue weighted by molar-refractivity contribution is -0.137. The predicted molar refractivity (Wildman–Crippen MR) is 119 cm³/mol. The number of carbonyl (C=O) groups is 2. The molecule has 0 radical (unpaired) electrons. The molecule has 2 aromatic carbocycles. The average Bonchev–Trinajstić information content (AvgIpc) is 2.81. The minimum Gasteiger partial charge on any atom is -0.352 e. The van der Waals surface area contributed by atoms with E-state index >= 15 is 0 Å². The van der Waals surface area contributed by atoms with Crippen molar-refractivity contribution in [1.29, 1.82) is 0 Å². The van der Waals surface area contributed by atoms with Gasteiger partial charge in [0.1, 0.15) is 0 Å². The van der Waals surface area contributed by atoms with Crippen LogP contribution in [0.5, 0.6) is 0 Å². The molecule has 2 fully saturated rings. The van der Waals surface area contributed by atoms with Crippen LogP contribution in [0.1, 0.15) is 62.0 Å². The Labute approximate surface area is 179 Å². The maximum absolute atomic E-state index is 13.3. The molecule has 2 aromatic rings. The fourth-order valence-electron chi connectivity index (χ4n) is 4.92. The van der Waals surface area contributed by atoms with Crippen LogP contribution in [0.4, 0.5) is 0 Å². The van der Waals surface area contributed by atoms with E-state index in [1.165, 1.54) is 19.3 Å². The van der Waals surface area contributed by atoms with Gasteiger partial charge in [-0.15, -0.1) is 0 Å². The minimum absolute atomic E-state index is 0.0458. The van der Waals surface area contributed by atoms with Gasteiger partial charge in [-0.25, -0.2) is 0 Å². The van der Waals surface area contributed by atoms with Gasteiger partial charge in [0, 0.05) is 25.0 Å². The van der Waals surface area contributed by atoms with Gasteiger partial charge in [0.2, 0.25) is 11.8 Å². The third-order valence-corrected chi connectivity index (χ3v) is 6.64. The lowest BCUT2D eigenvalue weighted by Crippen LogP contribution is -2.49. The van der Waals surface area contributed by atoms with E-state index in [-0.39, 0.29) is 23.8 Å². The maximum Gasteiger partial charge on any atom is 0.232 e. The zero-order valence-electron chi connectivity index (χ0n) is 17.6. The van der Waals surface area contributed by atoms with Crippen molar-refractivity contribution in [2.24, 2.45) is 5.92 Å². The van der Waals surface area contributed by atoms with E-state index in [9.17, 15) is 9.59 Å². The van der Waals surface area contributed by atoms with Gasteiger partial charge in [0.15, 0.2) is 0 Å². The molecule has 4 rings (SSSR count). The smallest absolute Gasteiger partial charge is 0.232 e. The van der Waals surface area contributed by atoms with Crippen molar-refractivity contribution in [2.45, 2.75) is 56.9 Å². The highest BCUT2D eigenvalue weighted by atomic mass is 16.2. The second-order valence-corrected chi connectivity index (χ2v) is 8.70. The van der Waals surface area contributed by atoms with Gasteiger partial charge in [-0.2, -0.15) is 0 Å². The summed E-state index contributed by atoms with van der Waals surface area (Å²) in [5.74, 6) is 0.301. The van der Waals surface area contributed by atoms with E-state index in [4.69, 9.17) is 0 Å². The van der Waals surface area contributed by atoms with E-state index < -0.39 is 0 Å². The number of nitrogens with one attached hydrogen (secondary N) is 1. The van der Waals surface area contributed by atoms with Gasteiger partial charge in [-0.05, 0) is 36.8 Å². The van der Waals surface area contributed by atoms with Gasteiger partial charge in [-0.1, -0.05) is 79.9 Å². The molecule has 1 aliphatic heterocycles. The highest BCUT2D eigenvalue weighted by Crippen LogP contribution is 2.28. The number of rotatable bonds is 5. The molecule has 4 nitrogen and oxygen atoms in total. The number of likely N-dealkylation sites (tertiary alicyclic amines) is 1. The average molecular weight is 405 g/mol. The Hall–Kier alpha value is -2.62. The van der Waals surface area contributed by atoms with Crippen LogP contribution < -0.4 is 5.32 Å². The van der Waals surface area contributed by atoms with E-state index in [0.717, 1.165) is 49.9 Å². The highest BCUT2D eigenvalue weighted by molar-refractivity contribution is 5.87. The maximum atomic E-state index is 13.3. The van der Waals surface area contributed by atoms with Crippen LogP contribution in [0.15, 0.2) is 60.7 Å². The van der Waals surface area contributed by atoms with Crippen molar-refractivity contribution < 1.29 is 9.59 Å². The number of hydrogen-bond donors (Lipinski definition) is 1. The standard InChI is InChI=1S/C26H32N2O2/c29-25(24(20-10-4-1-5-11-20)21-12-6-2-7-13-21)27-23-16-18-28(19-17-23)26(30)22-14-8-3-9-15-22/h1-2,4-7,10-13,22-24H,3,8-9,14-19H2,(H,27,29). The minimum atomic E-state index is -0.311. The predicted octanol–water partition coefficient (Wildman–Crippen LogP) is 4.51. The zero-order valence-corrected chi connectivity index (χ0v) is 17.6. The third-order valence-electron chi connectivity index (χ3n) is 6.64. The summed E-state index contributed by atoms with van der Waals surface area (Å²) >= 11 is 0. The molecule has 2 amide bonds. The molecular formula is C26H32N2O2. The lowest BCUT2D eigenvalue weighted by Gasteiger charge is -2.36. The van der Waals surface area contributed by atoms with E-state index in [1.54, 1.807) is 0 Å². The summed E-state index contributed by atoms with van der Waals surface area (Å²) < 4.78 is 0. The van der Waals surface area contributed by atoms with Crippen LogP contribution >= 0.6 is 0 Å². The van der Waals surface area contributed by atoms with Crippen molar-refractivity contribution in [1.82, 2.24) is 10.2 Å². The molecular weight excluding hydrogens is 372 g/mol. The van der Waals surface area contributed by atoms with Crippen molar-refractivity contribution in [3.8, 4) is 0 Å². The summed E-state index contributed by atoms with van der Waals surface area (Å²) in [7, 11) is 0. The second-order valence-electron chi connectivity index (χ2n) is 8.70. The molecule has 1 heterocycles. The normalized spacial score (nSPS) is 18.4. The number of carbonyl (C=O) groups excluding carboxylic acids is 2. The van der Waals surface area contributed by atoms with Crippen LogP contribution in [-0.2, 0) is 9.59 Å². The first-order chi connectivity index (χ1) is 14.7. The van der Waals surface area contributed by atoms with E-state index in [2.05, 4.69) is 5.32 Å². The molecule has 2 aliphatic rings. The number of nitrogens with zero attached hydrogens (tertiary/aromatic N) is 1. The first-order valence-corrected chi connectivity index (χ1v) is 11.4. The fraction of sp³-hybridized carbons (Fsp3) is 0.462. The number of benzene rings is 2. The molecule has 0 aromatic heterocycles. The Balaban J connectivity index is 1.37. The lowest BCUT2D eigenvalue weighted by atomic mass is 9.87. The molecule has 158 valence electrons. The molecule has 0 bridgehead atoms. The summed E-state index contributed by atoms with van der Waals surface area (Å²) in [6, 6.07) is 20.1. The molecule has 4 heteroatoms.